The Morgan fingerprint density at radius 2 is 2.36 bits per heavy atom. The Labute approximate surface area is 84.0 Å². The second-order valence-electron chi connectivity index (χ2n) is 3.47. The van der Waals surface area contributed by atoms with Crippen LogP contribution in [0.2, 0.25) is 0 Å². The minimum absolute atomic E-state index is 0.236. The van der Waals surface area contributed by atoms with Gasteiger partial charge in [0.15, 0.2) is 0 Å². The number of carbonyl (C=O) groups is 1. The average molecular weight is 193 g/mol. The lowest BCUT2D eigenvalue weighted by Crippen LogP contribution is -2.32. The van der Waals surface area contributed by atoms with E-state index in [-0.39, 0.29) is 6.03 Å². The Balaban J connectivity index is 2.14. The number of carbonyl (C=O) groups excluding carboxylic acids is 1. The molecule has 4 heteroatoms. The summed E-state index contributed by atoms with van der Waals surface area (Å²) >= 11 is 0. The molecule has 0 aromatic heterocycles. The molecule has 0 radical (unpaired) electrons. The zero-order valence-corrected chi connectivity index (χ0v) is 8.34. The highest BCUT2D eigenvalue weighted by molar-refractivity contribution is 5.74. The van der Waals surface area contributed by atoms with Gasteiger partial charge in [0.25, 0.3) is 0 Å². The Morgan fingerprint density at radius 1 is 1.64 bits per heavy atom. The monoisotopic (exact) mass is 193 g/mol. The van der Waals surface area contributed by atoms with E-state index in [2.05, 4.69) is 10.6 Å². The first kappa shape index (κ1) is 10.6. The maximum absolute atomic E-state index is 11.1. The Bertz CT molecular complexity index is 274. The van der Waals surface area contributed by atoms with Crippen molar-refractivity contribution in [3.05, 3.63) is 11.8 Å². The van der Waals surface area contributed by atoms with E-state index in [1.165, 1.54) is 18.4 Å². The number of nitriles is 1. The van der Waals surface area contributed by atoms with Crippen molar-refractivity contribution in [1.29, 1.82) is 5.26 Å². The summed E-state index contributed by atoms with van der Waals surface area (Å²) in [5.41, 5.74) is 1.22. The van der Waals surface area contributed by atoms with Crippen molar-refractivity contribution in [3.63, 3.8) is 0 Å². The minimum Gasteiger partial charge on any atom is -0.337 e. The van der Waals surface area contributed by atoms with Crippen LogP contribution >= 0.6 is 0 Å². The lowest BCUT2D eigenvalue weighted by Gasteiger charge is -2.02. The van der Waals surface area contributed by atoms with Gasteiger partial charge in [-0.1, -0.05) is 5.57 Å². The second kappa shape index (κ2) is 5.28. The van der Waals surface area contributed by atoms with Gasteiger partial charge in [-0.15, -0.1) is 0 Å². The standard InChI is InChI=1S/C10H15N3O/c1-8(9-3-4-9)7-13-10(14)12-6-2-5-11/h7,9H,2-4,6H2,1H3,(H2,12,13,14)/b8-7+. The van der Waals surface area contributed by atoms with Crippen molar-refractivity contribution in [2.45, 2.75) is 26.2 Å². The summed E-state index contributed by atoms with van der Waals surface area (Å²) in [7, 11) is 0. The zero-order chi connectivity index (χ0) is 10.4. The third-order valence-electron chi connectivity index (χ3n) is 2.17. The van der Waals surface area contributed by atoms with Crippen LogP contribution in [0.4, 0.5) is 4.79 Å². The van der Waals surface area contributed by atoms with Crippen LogP contribution in [0.3, 0.4) is 0 Å². The van der Waals surface area contributed by atoms with Crippen LogP contribution in [0.25, 0.3) is 0 Å². The quantitative estimate of drug-likeness (QED) is 0.665. The number of allylic oxidation sites excluding steroid dienone is 1. The molecular weight excluding hydrogens is 178 g/mol. The molecule has 0 spiro atoms. The van der Waals surface area contributed by atoms with Gasteiger partial charge in [0, 0.05) is 12.7 Å². The number of hydrogen-bond acceptors (Lipinski definition) is 2. The Kier molecular flexibility index (Phi) is 3.99. The molecule has 0 saturated heterocycles. The smallest absolute Gasteiger partial charge is 0.318 e. The molecule has 0 aromatic carbocycles. The van der Waals surface area contributed by atoms with E-state index in [9.17, 15) is 4.79 Å². The lowest BCUT2D eigenvalue weighted by atomic mass is 10.2. The summed E-state index contributed by atoms with van der Waals surface area (Å²) in [6, 6.07) is 1.72. The molecule has 0 aromatic rings. The van der Waals surface area contributed by atoms with E-state index in [0.29, 0.717) is 18.9 Å². The van der Waals surface area contributed by atoms with Gasteiger partial charge in [-0.05, 0) is 25.7 Å². The van der Waals surface area contributed by atoms with Crippen molar-refractivity contribution >= 4 is 6.03 Å². The third kappa shape index (κ3) is 3.94. The molecule has 14 heavy (non-hydrogen) atoms. The number of urea groups is 1. The number of amides is 2. The fourth-order valence-corrected chi connectivity index (χ4v) is 1.12. The van der Waals surface area contributed by atoms with E-state index >= 15 is 0 Å². The predicted octanol–water partition coefficient (Wildman–Crippen LogP) is 1.51. The highest BCUT2D eigenvalue weighted by Crippen LogP contribution is 2.35. The van der Waals surface area contributed by atoms with Crippen LogP contribution in [0.5, 0.6) is 0 Å². The summed E-state index contributed by atoms with van der Waals surface area (Å²) in [4.78, 5) is 11.1. The largest absolute Gasteiger partial charge is 0.337 e. The number of rotatable bonds is 4. The van der Waals surface area contributed by atoms with Gasteiger partial charge in [0.2, 0.25) is 0 Å². The van der Waals surface area contributed by atoms with Crippen LogP contribution in [-0.2, 0) is 0 Å². The van der Waals surface area contributed by atoms with Crippen LogP contribution in [0.1, 0.15) is 26.2 Å². The van der Waals surface area contributed by atoms with E-state index in [1.807, 2.05) is 13.0 Å². The number of nitrogens with zero attached hydrogens (tertiary/aromatic N) is 1. The summed E-state index contributed by atoms with van der Waals surface area (Å²) < 4.78 is 0. The molecule has 0 atom stereocenters. The molecule has 0 aliphatic heterocycles. The molecule has 1 rings (SSSR count). The molecule has 2 N–H and O–H groups in total. The minimum atomic E-state index is -0.236. The summed E-state index contributed by atoms with van der Waals surface area (Å²) in [6.07, 6.45) is 4.57. The summed E-state index contributed by atoms with van der Waals surface area (Å²) in [5, 5.41) is 13.5. The van der Waals surface area contributed by atoms with Gasteiger partial charge < -0.3 is 10.6 Å². The lowest BCUT2D eigenvalue weighted by molar-refractivity contribution is 0.244. The van der Waals surface area contributed by atoms with Gasteiger partial charge in [0.05, 0.1) is 12.5 Å². The molecule has 1 aliphatic rings. The summed E-state index contributed by atoms with van der Waals surface area (Å²) in [5.74, 6) is 0.675. The van der Waals surface area contributed by atoms with Gasteiger partial charge in [0.1, 0.15) is 0 Å². The molecular formula is C10H15N3O. The van der Waals surface area contributed by atoms with E-state index in [1.54, 1.807) is 6.20 Å². The molecule has 76 valence electrons. The molecule has 2 amide bonds. The first-order valence-corrected chi connectivity index (χ1v) is 4.82. The number of nitrogens with one attached hydrogen (secondary N) is 2. The maximum atomic E-state index is 11.1. The fraction of sp³-hybridized carbons (Fsp3) is 0.600. The molecule has 1 saturated carbocycles. The molecule has 0 bridgehead atoms. The molecule has 0 heterocycles. The number of hydrogen-bond donors (Lipinski definition) is 2. The topological polar surface area (TPSA) is 64.9 Å². The van der Waals surface area contributed by atoms with Crippen molar-refractivity contribution in [3.8, 4) is 6.07 Å². The molecule has 4 nitrogen and oxygen atoms in total. The average Bonchev–Trinajstić information content (AvgIpc) is 2.98. The van der Waals surface area contributed by atoms with Crippen molar-refractivity contribution in [1.82, 2.24) is 10.6 Å². The van der Waals surface area contributed by atoms with Crippen molar-refractivity contribution in [2.24, 2.45) is 5.92 Å². The van der Waals surface area contributed by atoms with Gasteiger partial charge in [-0.2, -0.15) is 5.26 Å². The van der Waals surface area contributed by atoms with Gasteiger partial charge >= 0.3 is 6.03 Å². The van der Waals surface area contributed by atoms with E-state index in [4.69, 9.17) is 5.26 Å². The first-order valence-electron chi connectivity index (χ1n) is 4.82. The third-order valence-corrected chi connectivity index (χ3v) is 2.17. The fourth-order valence-electron chi connectivity index (χ4n) is 1.12. The van der Waals surface area contributed by atoms with Gasteiger partial charge in [-0.3, -0.25) is 0 Å². The van der Waals surface area contributed by atoms with E-state index in [0.717, 1.165) is 0 Å². The van der Waals surface area contributed by atoms with Crippen LogP contribution < -0.4 is 10.6 Å². The zero-order valence-electron chi connectivity index (χ0n) is 8.34. The maximum Gasteiger partial charge on any atom is 0.318 e. The highest BCUT2D eigenvalue weighted by Gasteiger charge is 2.22. The molecule has 1 aliphatic carbocycles. The summed E-state index contributed by atoms with van der Waals surface area (Å²) in [6.45, 7) is 2.42. The van der Waals surface area contributed by atoms with Crippen LogP contribution in [0, 0.1) is 17.2 Å². The Hall–Kier alpha value is -1.50. The van der Waals surface area contributed by atoms with Crippen molar-refractivity contribution in [2.75, 3.05) is 6.54 Å². The second-order valence-corrected chi connectivity index (χ2v) is 3.47. The first-order chi connectivity index (χ1) is 6.74. The molecule has 0 unspecified atom stereocenters. The SMILES string of the molecule is C/C(=C\NC(=O)NCCC#N)C1CC1. The Morgan fingerprint density at radius 3 is 2.93 bits per heavy atom. The van der Waals surface area contributed by atoms with Crippen molar-refractivity contribution < 1.29 is 4.79 Å². The van der Waals surface area contributed by atoms with Crippen LogP contribution in [-0.4, -0.2) is 12.6 Å². The predicted molar refractivity (Wildman–Crippen MR) is 53.2 cm³/mol. The molecule has 1 fully saturated rings. The normalized spacial score (nSPS) is 15.9. The van der Waals surface area contributed by atoms with E-state index < -0.39 is 0 Å². The van der Waals surface area contributed by atoms with Crippen LogP contribution in [0.15, 0.2) is 11.8 Å². The highest BCUT2D eigenvalue weighted by atomic mass is 16.2. The van der Waals surface area contributed by atoms with Gasteiger partial charge in [-0.25, -0.2) is 4.79 Å².